The third kappa shape index (κ3) is 4.27. The molecule has 0 atom stereocenters. The Morgan fingerprint density at radius 2 is 1.90 bits per heavy atom. The van der Waals surface area contributed by atoms with Crippen molar-refractivity contribution < 1.29 is 9.90 Å². The minimum atomic E-state index is -1.01. The first-order valence-electron chi connectivity index (χ1n) is 9.59. The van der Waals surface area contributed by atoms with Crippen molar-refractivity contribution in [2.75, 3.05) is 5.32 Å². The monoisotopic (exact) mass is 433 g/mol. The number of carboxylic acid groups (broad SMARTS) is 1. The Morgan fingerprint density at radius 3 is 2.65 bits per heavy atom. The average molecular weight is 434 g/mol. The van der Waals surface area contributed by atoms with Gasteiger partial charge >= 0.3 is 5.97 Å². The highest BCUT2D eigenvalue weighted by Gasteiger charge is 2.18. The summed E-state index contributed by atoms with van der Waals surface area (Å²) in [7, 11) is 0. The number of hydrogen-bond donors (Lipinski definition) is 2. The summed E-state index contributed by atoms with van der Waals surface area (Å²) in [5, 5.41) is 18.2. The van der Waals surface area contributed by atoms with Crippen LogP contribution in [0.25, 0.3) is 17.1 Å². The molecule has 0 aliphatic rings. The van der Waals surface area contributed by atoms with Crippen LogP contribution in [0.2, 0.25) is 5.02 Å². The van der Waals surface area contributed by atoms with Crippen LogP contribution < -0.4 is 5.32 Å². The number of nitrogens with one attached hydrogen (secondary N) is 1. The number of aryl methyl sites for hydroxylation is 3. The van der Waals surface area contributed by atoms with E-state index in [9.17, 15) is 9.90 Å². The van der Waals surface area contributed by atoms with E-state index < -0.39 is 5.97 Å². The molecule has 0 saturated carbocycles. The van der Waals surface area contributed by atoms with Gasteiger partial charge in [0.05, 0.1) is 28.3 Å². The van der Waals surface area contributed by atoms with E-state index in [0.717, 1.165) is 16.8 Å². The molecule has 0 bridgehead atoms. The van der Waals surface area contributed by atoms with Crippen molar-refractivity contribution in [3.8, 4) is 17.1 Å². The minimum Gasteiger partial charge on any atom is -0.478 e. The summed E-state index contributed by atoms with van der Waals surface area (Å²) in [6.45, 7) is 5.55. The lowest BCUT2D eigenvalue weighted by atomic mass is 10.1. The van der Waals surface area contributed by atoms with Crippen LogP contribution in [0.1, 0.15) is 27.3 Å². The van der Waals surface area contributed by atoms with Crippen LogP contribution >= 0.6 is 11.6 Å². The smallest absolute Gasteiger partial charge is 0.337 e. The SMILES string of the molecule is Cc1ccc(Nc2cc(-c3cccc(Cl)c3)nn2-c2nc(C)cnc2C)c(C(=O)O)c1. The molecule has 2 aromatic heterocycles. The number of hydrogen-bond acceptors (Lipinski definition) is 5. The van der Waals surface area contributed by atoms with Gasteiger partial charge in [-0.2, -0.15) is 9.78 Å². The number of halogens is 1. The number of benzene rings is 2. The van der Waals surface area contributed by atoms with Crippen molar-refractivity contribution in [1.82, 2.24) is 19.7 Å². The van der Waals surface area contributed by atoms with Gasteiger partial charge in [0.15, 0.2) is 5.82 Å². The predicted octanol–water partition coefficient (Wildman–Crippen LogP) is 5.35. The third-order valence-electron chi connectivity index (χ3n) is 4.75. The van der Waals surface area contributed by atoms with E-state index in [-0.39, 0.29) is 5.56 Å². The molecular formula is C23H20ClN5O2. The van der Waals surface area contributed by atoms with Gasteiger partial charge in [0.1, 0.15) is 5.82 Å². The average Bonchev–Trinajstić information content (AvgIpc) is 3.14. The molecule has 7 nitrogen and oxygen atoms in total. The van der Waals surface area contributed by atoms with Crippen LogP contribution in [-0.4, -0.2) is 30.8 Å². The molecule has 2 aromatic carbocycles. The Labute approximate surface area is 184 Å². The number of anilines is 2. The van der Waals surface area contributed by atoms with E-state index in [4.69, 9.17) is 16.7 Å². The first-order chi connectivity index (χ1) is 14.8. The zero-order valence-corrected chi connectivity index (χ0v) is 18.0. The van der Waals surface area contributed by atoms with Crippen LogP contribution in [0.5, 0.6) is 0 Å². The molecular weight excluding hydrogens is 414 g/mol. The molecule has 2 N–H and O–H groups in total. The highest BCUT2D eigenvalue weighted by molar-refractivity contribution is 6.30. The molecule has 0 fully saturated rings. The van der Waals surface area contributed by atoms with Crippen molar-refractivity contribution in [3.63, 3.8) is 0 Å². The number of nitrogens with zero attached hydrogens (tertiary/aromatic N) is 4. The lowest BCUT2D eigenvalue weighted by Gasteiger charge is -2.13. The second kappa shape index (κ2) is 8.20. The zero-order valence-electron chi connectivity index (χ0n) is 17.2. The Balaban J connectivity index is 1.89. The maximum atomic E-state index is 11.8. The Kier molecular flexibility index (Phi) is 5.44. The molecule has 0 aliphatic carbocycles. The van der Waals surface area contributed by atoms with Crippen LogP contribution in [0.4, 0.5) is 11.5 Å². The lowest BCUT2D eigenvalue weighted by molar-refractivity contribution is 0.0698. The molecule has 4 rings (SSSR count). The molecule has 0 spiro atoms. The van der Waals surface area contributed by atoms with Crippen molar-refractivity contribution >= 4 is 29.1 Å². The van der Waals surface area contributed by atoms with Gasteiger partial charge in [-0.3, -0.25) is 4.98 Å². The molecule has 4 aromatic rings. The number of rotatable bonds is 5. The van der Waals surface area contributed by atoms with Crippen molar-refractivity contribution in [2.45, 2.75) is 20.8 Å². The van der Waals surface area contributed by atoms with Crippen molar-refractivity contribution in [3.05, 3.63) is 82.3 Å². The quantitative estimate of drug-likeness (QED) is 0.440. The summed E-state index contributed by atoms with van der Waals surface area (Å²) >= 11 is 6.17. The molecule has 8 heteroatoms. The Hall–Kier alpha value is -3.71. The summed E-state index contributed by atoms with van der Waals surface area (Å²) in [4.78, 5) is 20.8. The third-order valence-corrected chi connectivity index (χ3v) is 4.98. The van der Waals surface area contributed by atoms with Crippen molar-refractivity contribution in [1.29, 1.82) is 0 Å². The second-order valence-corrected chi connectivity index (χ2v) is 7.67. The topological polar surface area (TPSA) is 92.9 Å². The normalized spacial score (nSPS) is 10.8. The van der Waals surface area contributed by atoms with E-state index in [1.807, 2.05) is 51.1 Å². The molecule has 2 heterocycles. The van der Waals surface area contributed by atoms with Crippen LogP contribution in [0.3, 0.4) is 0 Å². The van der Waals surface area contributed by atoms with Gasteiger partial charge in [-0.25, -0.2) is 9.78 Å². The molecule has 0 aliphatic heterocycles. The lowest BCUT2D eigenvalue weighted by Crippen LogP contribution is -2.10. The number of aromatic carboxylic acids is 1. The molecule has 0 amide bonds. The first-order valence-corrected chi connectivity index (χ1v) is 9.97. The van der Waals surface area contributed by atoms with Gasteiger partial charge in [-0.15, -0.1) is 0 Å². The van der Waals surface area contributed by atoms with E-state index in [1.165, 1.54) is 0 Å². The largest absolute Gasteiger partial charge is 0.478 e. The van der Waals surface area contributed by atoms with Gasteiger partial charge in [0.25, 0.3) is 0 Å². The maximum absolute atomic E-state index is 11.8. The summed E-state index contributed by atoms with van der Waals surface area (Å²) in [6, 6.07) is 14.4. The predicted molar refractivity (Wildman–Crippen MR) is 120 cm³/mol. The zero-order chi connectivity index (χ0) is 22.1. The van der Waals surface area contributed by atoms with E-state index in [0.29, 0.717) is 33.7 Å². The summed E-state index contributed by atoms with van der Waals surface area (Å²) in [5.41, 5.74) is 4.41. The summed E-state index contributed by atoms with van der Waals surface area (Å²) in [6.07, 6.45) is 1.69. The Bertz CT molecular complexity index is 1300. The van der Waals surface area contributed by atoms with Crippen molar-refractivity contribution in [2.24, 2.45) is 0 Å². The molecule has 0 radical (unpaired) electrons. The molecule has 0 saturated heterocycles. The van der Waals surface area contributed by atoms with Crippen LogP contribution in [0, 0.1) is 20.8 Å². The molecule has 31 heavy (non-hydrogen) atoms. The van der Waals surface area contributed by atoms with Gasteiger partial charge in [-0.1, -0.05) is 35.4 Å². The highest BCUT2D eigenvalue weighted by atomic mass is 35.5. The van der Waals surface area contributed by atoms with Gasteiger partial charge in [0, 0.05) is 22.8 Å². The van der Waals surface area contributed by atoms with Gasteiger partial charge in [0.2, 0.25) is 0 Å². The first kappa shape index (κ1) is 20.6. The van der Waals surface area contributed by atoms with Gasteiger partial charge in [-0.05, 0) is 45.0 Å². The Morgan fingerprint density at radius 1 is 1.10 bits per heavy atom. The summed E-state index contributed by atoms with van der Waals surface area (Å²) < 4.78 is 1.64. The molecule has 156 valence electrons. The minimum absolute atomic E-state index is 0.170. The molecule has 0 unspecified atom stereocenters. The van der Waals surface area contributed by atoms with Gasteiger partial charge < -0.3 is 10.4 Å². The van der Waals surface area contributed by atoms with Crippen LogP contribution in [-0.2, 0) is 0 Å². The van der Waals surface area contributed by atoms with Crippen LogP contribution in [0.15, 0.2) is 54.7 Å². The fourth-order valence-electron chi connectivity index (χ4n) is 3.23. The fraction of sp³-hybridized carbons (Fsp3) is 0.130. The number of carboxylic acids is 1. The number of carbonyl (C=O) groups is 1. The second-order valence-electron chi connectivity index (χ2n) is 7.24. The number of aromatic nitrogens is 4. The fourth-order valence-corrected chi connectivity index (χ4v) is 3.42. The maximum Gasteiger partial charge on any atom is 0.337 e. The van der Waals surface area contributed by atoms with E-state index in [2.05, 4.69) is 15.3 Å². The highest BCUT2D eigenvalue weighted by Crippen LogP contribution is 2.30. The van der Waals surface area contributed by atoms with E-state index >= 15 is 0 Å². The summed E-state index contributed by atoms with van der Waals surface area (Å²) in [5.74, 6) is 0.1000. The standard InChI is InChI=1S/C23H20ClN5O2/c1-13-7-8-19(18(9-13)23(30)31)27-21-11-20(16-5-4-6-17(24)10-16)28-29(21)22-15(3)25-12-14(2)26-22/h4-12,27H,1-3H3,(H,30,31). The van der Waals surface area contributed by atoms with E-state index in [1.54, 1.807) is 29.1 Å².